The Morgan fingerprint density at radius 2 is 1.89 bits per heavy atom. The van der Waals surface area contributed by atoms with Gasteiger partial charge in [0, 0.05) is 7.05 Å². The number of nitrogens with zero attached hydrogens (tertiary/aromatic N) is 3. The second-order valence-corrected chi connectivity index (χ2v) is 6.76. The summed E-state index contributed by atoms with van der Waals surface area (Å²) < 4.78 is 26.4. The number of hydrogen-bond acceptors (Lipinski definition) is 4. The van der Waals surface area contributed by atoms with Crippen molar-refractivity contribution >= 4 is 25.8 Å². The van der Waals surface area contributed by atoms with Crippen molar-refractivity contribution in [3.8, 4) is 0 Å². The van der Waals surface area contributed by atoms with Crippen LogP contribution in [0.5, 0.6) is 0 Å². The molecule has 0 atom stereocenters. The van der Waals surface area contributed by atoms with Crippen LogP contribution in [0.15, 0.2) is 33.8 Å². The maximum atomic E-state index is 12.2. The molecule has 0 aliphatic rings. The molecule has 18 heavy (non-hydrogen) atoms. The molecule has 0 amide bonds. The molecule has 0 unspecified atom stereocenters. The number of aryl methyl sites for hydroxylation is 2. The molecule has 1 aromatic carbocycles. The fraction of sp³-hybridized carbons (Fsp3) is 0.273. The highest BCUT2D eigenvalue weighted by Crippen LogP contribution is 2.20. The van der Waals surface area contributed by atoms with Gasteiger partial charge < -0.3 is 0 Å². The van der Waals surface area contributed by atoms with Crippen LogP contribution in [0.4, 0.5) is 0 Å². The Morgan fingerprint density at radius 3 is 2.39 bits per heavy atom. The first-order valence-corrected chi connectivity index (χ1v) is 7.68. The monoisotopic (exact) mass is 329 g/mol. The first kappa shape index (κ1) is 13.2. The zero-order valence-electron chi connectivity index (χ0n) is 9.96. The summed E-state index contributed by atoms with van der Waals surface area (Å²) >= 11 is 3.20. The van der Waals surface area contributed by atoms with E-state index in [-0.39, 0.29) is 5.75 Å². The molecular weight excluding hydrogens is 318 g/mol. The number of benzene rings is 1. The second kappa shape index (κ2) is 4.81. The van der Waals surface area contributed by atoms with E-state index in [0.717, 1.165) is 5.56 Å². The molecule has 1 aromatic heterocycles. The van der Waals surface area contributed by atoms with E-state index in [2.05, 4.69) is 26.2 Å². The SMILES string of the molecule is Cc1ccc(S(=O)(=O)Cc2c(Br)nnn2C)cc1. The molecule has 2 rings (SSSR count). The third kappa shape index (κ3) is 2.62. The van der Waals surface area contributed by atoms with E-state index in [9.17, 15) is 8.42 Å². The van der Waals surface area contributed by atoms with Gasteiger partial charge in [0.15, 0.2) is 14.4 Å². The molecule has 0 N–H and O–H groups in total. The number of sulfone groups is 1. The summed E-state index contributed by atoms with van der Waals surface area (Å²) in [7, 11) is -1.71. The van der Waals surface area contributed by atoms with E-state index in [0.29, 0.717) is 15.2 Å². The Morgan fingerprint density at radius 1 is 1.28 bits per heavy atom. The van der Waals surface area contributed by atoms with E-state index in [1.807, 2.05) is 6.92 Å². The topological polar surface area (TPSA) is 64.8 Å². The lowest BCUT2D eigenvalue weighted by Gasteiger charge is -2.05. The quantitative estimate of drug-likeness (QED) is 0.862. The fourth-order valence-corrected chi connectivity index (χ4v) is 3.57. The summed E-state index contributed by atoms with van der Waals surface area (Å²) in [6.07, 6.45) is 0. The molecule has 1 heterocycles. The lowest BCUT2D eigenvalue weighted by atomic mass is 10.2. The molecule has 0 aliphatic carbocycles. The van der Waals surface area contributed by atoms with Crippen molar-refractivity contribution in [1.82, 2.24) is 15.0 Å². The molecule has 0 radical (unpaired) electrons. The Bertz CT molecular complexity index is 643. The van der Waals surface area contributed by atoms with Gasteiger partial charge >= 0.3 is 0 Å². The van der Waals surface area contributed by atoms with Crippen LogP contribution < -0.4 is 0 Å². The van der Waals surface area contributed by atoms with Gasteiger partial charge in [-0.25, -0.2) is 8.42 Å². The van der Waals surface area contributed by atoms with Crippen LogP contribution in [0, 0.1) is 6.92 Å². The first-order chi connectivity index (χ1) is 8.40. The van der Waals surface area contributed by atoms with Crippen molar-refractivity contribution in [2.24, 2.45) is 7.05 Å². The molecule has 0 spiro atoms. The van der Waals surface area contributed by atoms with Crippen molar-refractivity contribution in [2.45, 2.75) is 17.6 Å². The average molecular weight is 330 g/mol. The summed E-state index contributed by atoms with van der Waals surface area (Å²) in [5.74, 6) is -0.125. The molecule has 0 fully saturated rings. The van der Waals surface area contributed by atoms with Gasteiger partial charge in [-0.2, -0.15) is 0 Å². The first-order valence-electron chi connectivity index (χ1n) is 5.23. The Kier molecular flexibility index (Phi) is 3.54. The van der Waals surface area contributed by atoms with E-state index < -0.39 is 9.84 Å². The van der Waals surface area contributed by atoms with Gasteiger partial charge in [0.1, 0.15) is 0 Å². The summed E-state index contributed by atoms with van der Waals surface area (Å²) in [5, 5.41) is 7.54. The van der Waals surface area contributed by atoms with Crippen molar-refractivity contribution in [1.29, 1.82) is 0 Å². The molecular formula is C11H12BrN3O2S. The normalized spacial score (nSPS) is 11.7. The van der Waals surface area contributed by atoms with E-state index in [1.54, 1.807) is 31.3 Å². The van der Waals surface area contributed by atoms with Crippen molar-refractivity contribution in [3.63, 3.8) is 0 Å². The van der Waals surface area contributed by atoms with Crippen molar-refractivity contribution in [2.75, 3.05) is 0 Å². The number of halogens is 1. The largest absolute Gasteiger partial charge is 0.250 e. The molecule has 0 bridgehead atoms. The van der Waals surface area contributed by atoms with E-state index in [1.165, 1.54) is 4.68 Å². The van der Waals surface area contributed by atoms with Crippen molar-refractivity contribution in [3.05, 3.63) is 40.1 Å². The predicted molar refractivity (Wildman–Crippen MR) is 70.8 cm³/mol. The lowest BCUT2D eigenvalue weighted by Crippen LogP contribution is -2.09. The highest BCUT2D eigenvalue weighted by atomic mass is 79.9. The number of aromatic nitrogens is 3. The van der Waals surface area contributed by atoms with Gasteiger partial charge in [-0.1, -0.05) is 22.9 Å². The molecule has 5 nitrogen and oxygen atoms in total. The molecule has 0 saturated carbocycles. The summed E-state index contributed by atoms with van der Waals surface area (Å²) in [6.45, 7) is 1.91. The summed E-state index contributed by atoms with van der Waals surface area (Å²) in [6, 6.07) is 6.79. The van der Waals surface area contributed by atoms with E-state index >= 15 is 0 Å². The third-order valence-corrected chi connectivity index (χ3v) is 4.86. The smallest absolute Gasteiger partial charge is 0.184 e. The number of rotatable bonds is 3. The average Bonchev–Trinajstić information content (AvgIpc) is 2.61. The second-order valence-electron chi connectivity index (χ2n) is 4.02. The summed E-state index contributed by atoms with van der Waals surface area (Å²) in [4.78, 5) is 0.307. The highest BCUT2D eigenvalue weighted by molar-refractivity contribution is 9.10. The van der Waals surface area contributed by atoms with Gasteiger partial charge in [0.25, 0.3) is 0 Å². The fourth-order valence-electron chi connectivity index (χ4n) is 1.51. The standard InChI is InChI=1S/C11H12BrN3O2S/c1-8-3-5-9(6-4-8)18(16,17)7-10-11(12)13-14-15(10)2/h3-6H,7H2,1-2H3. The van der Waals surface area contributed by atoms with Crippen LogP contribution in [0.2, 0.25) is 0 Å². The lowest BCUT2D eigenvalue weighted by molar-refractivity contribution is 0.591. The Labute approximate surface area is 114 Å². The minimum absolute atomic E-state index is 0.125. The Balaban J connectivity index is 2.36. The maximum Gasteiger partial charge on any atom is 0.184 e. The molecule has 2 aromatic rings. The molecule has 96 valence electrons. The van der Waals surface area contributed by atoms with Crippen LogP contribution in [0.25, 0.3) is 0 Å². The van der Waals surface area contributed by atoms with Gasteiger partial charge in [-0.05, 0) is 35.0 Å². The van der Waals surface area contributed by atoms with Gasteiger partial charge in [0.05, 0.1) is 16.3 Å². The van der Waals surface area contributed by atoms with Crippen molar-refractivity contribution < 1.29 is 8.42 Å². The summed E-state index contributed by atoms with van der Waals surface area (Å²) in [5.41, 5.74) is 1.56. The van der Waals surface area contributed by atoms with Crippen LogP contribution in [-0.4, -0.2) is 23.4 Å². The van der Waals surface area contributed by atoms with Gasteiger partial charge in [0.2, 0.25) is 0 Å². The number of hydrogen-bond donors (Lipinski definition) is 0. The Hall–Kier alpha value is -1.21. The zero-order valence-corrected chi connectivity index (χ0v) is 12.4. The molecule has 0 saturated heterocycles. The van der Waals surface area contributed by atoms with Crippen LogP contribution in [0.1, 0.15) is 11.3 Å². The predicted octanol–water partition coefficient (Wildman–Crippen LogP) is 1.86. The van der Waals surface area contributed by atoms with Crippen LogP contribution in [0.3, 0.4) is 0 Å². The minimum Gasteiger partial charge on any atom is -0.250 e. The van der Waals surface area contributed by atoms with E-state index in [4.69, 9.17) is 0 Å². The van der Waals surface area contributed by atoms with Crippen LogP contribution in [-0.2, 0) is 22.6 Å². The minimum atomic E-state index is -3.38. The zero-order chi connectivity index (χ0) is 13.3. The maximum absolute atomic E-state index is 12.2. The van der Waals surface area contributed by atoms with Gasteiger partial charge in [-0.3, -0.25) is 4.68 Å². The molecule has 0 aliphatic heterocycles. The highest BCUT2D eigenvalue weighted by Gasteiger charge is 2.20. The van der Waals surface area contributed by atoms with Gasteiger partial charge in [-0.15, -0.1) is 5.10 Å². The molecule has 7 heteroatoms. The van der Waals surface area contributed by atoms with Crippen LogP contribution >= 0.6 is 15.9 Å². The third-order valence-electron chi connectivity index (χ3n) is 2.60.